The fourth-order valence-electron chi connectivity index (χ4n) is 3.01. The highest BCUT2D eigenvalue weighted by atomic mass is 32.2. The minimum absolute atomic E-state index is 0.0689. The molecule has 1 aromatic rings. The molecule has 128 valence electrons. The van der Waals surface area contributed by atoms with Crippen LogP contribution in [0.5, 0.6) is 0 Å². The van der Waals surface area contributed by atoms with Crippen LogP contribution in [-0.4, -0.2) is 17.2 Å². The zero-order valence-corrected chi connectivity index (χ0v) is 15.0. The van der Waals surface area contributed by atoms with Crippen LogP contribution in [0.2, 0.25) is 0 Å². The van der Waals surface area contributed by atoms with Crippen LogP contribution in [0.15, 0.2) is 29.4 Å². The smallest absolute Gasteiger partial charge is 0.252 e. The molecule has 1 heterocycles. The summed E-state index contributed by atoms with van der Waals surface area (Å²) in [7, 11) is 0. The van der Waals surface area contributed by atoms with Crippen molar-refractivity contribution >= 4 is 17.7 Å². The van der Waals surface area contributed by atoms with Crippen LogP contribution >= 0.6 is 11.8 Å². The first-order valence-electron chi connectivity index (χ1n) is 8.73. The second kappa shape index (κ2) is 9.16. The molecule has 1 amide bonds. The van der Waals surface area contributed by atoms with Crippen LogP contribution in [0, 0.1) is 11.1 Å². The standard InChI is InChI=1S/C18H28N2O2S/c1-14(2)17(23-16-12-8-9-13-20(16)22)18(21)19-15-10-6-4-3-5-7-11-15/h8-9,12-15,17H,3-7,10-11H2,1-2H3,(H,19,21)/t17-/m1/s1. The summed E-state index contributed by atoms with van der Waals surface area (Å²) in [5.41, 5.74) is 0. The number of rotatable bonds is 5. The number of thioether (sulfide) groups is 1. The average molecular weight is 337 g/mol. The summed E-state index contributed by atoms with van der Waals surface area (Å²) in [6, 6.07) is 5.60. The lowest BCUT2D eigenvalue weighted by Crippen LogP contribution is -2.43. The highest BCUT2D eigenvalue weighted by Crippen LogP contribution is 2.26. The predicted molar refractivity (Wildman–Crippen MR) is 94.1 cm³/mol. The summed E-state index contributed by atoms with van der Waals surface area (Å²) in [4.78, 5) is 12.7. The van der Waals surface area contributed by atoms with Gasteiger partial charge in [0.1, 0.15) is 0 Å². The van der Waals surface area contributed by atoms with E-state index in [-0.39, 0.29) is 17.1 Å². The Hall–Kier alpha value is -1.23. The van der Waals surface area contributed by atoms with Crippen molar-refractivity contribution in [1.29, 1.82) is 0 Å². The Morgan fingerprint density at radius 1 is 1.22 bits per heavy atom. The van der Waals surface area contributed by atoms with Crippen molar-refractivity contribution in [3.8, 4) is 0 Å². The molecule has 1 aliphatic rings. The fraction of sp³-hybridized carbons (Fsp3) is 0.667. The highest BCUT2D eigenvalue weighted by Gasteiger charge is 2.28. The number of nitrogens with zero attached hydrogens (tertiary/aromatic N) is 1. The van der Waals surface area contributed by atoms with Crippen molar-refractivity contribution in [2.24, 2.45) is 5.92 Å². The predicted octanol–water partition coefficient (Wildman–Crippen LogP) is 3.67. The van der Waals surface area contributed by atoms with E-state index in [1.165, 1.54) is 50.1 Å². The Morgan fingerprint density at radius 2 is 1.87 bits per heavy atom. The van der Waals surface area contributed by atoms with Crippen molar-refractivity contribution in [1.82, 2.24) is 5.32 Å². The molecular weight excluding hydrogens is 308 g/mol. The third-order valence-corrected chi connectivity index (χ3v) is 5.92. The van der Waals surface area contributed by atoms with Gasteiger partial charge in [-0.2, -0.15) is 4.73 Å². The quantitative estimate of drug-likeness (QED) is 0.507. The van der Waals surface area contributed by atoms with Crippen molar-refractivity contribution in [3.63, 3.8) is 0 Å². The second-order valence-electron chi connectivity index (χ2n) is 6.70. The van der Waals surface area contributed by atoms with Gasteiger partial charge in [-0.1, -0.05) is 46.0 Å². The molecule has 4 nitrogen and oxygen atoms in total. The van der Waals surface area contributed by atoms with Crippen LogP contribution in [0.1, 0.15) is 58.8 Å². The lowest BCUT2D eigenvalue weighted by molar-refractivity contribution is -0.645. The van der Waals surface area contributed by atoms with E-state index in [9.17, 15) is 10.0 Å². The molecule has 0 radical (unpaired) electrons. The van der Waals surface area contributed by atoms with Gasteiger partial charge >= 0.3 is 0 Å². The summed E-state index contributed by atoms with van der Waals surface area (Å²) in [5.74, 6) is 0.244. The van der Waals surface area contributed by atoms with Crippen molar-refractivity contribution < 1.29 is 9.52 Å². The first-order valence-corrected chi connectivity index (χ1v) is 9.61. The highest BCUT2D eigenvalue weighted by molar-refractivity contribution is 8.00. The van der Waals surface area contributed by atoms with E-state index in [2.05, 4.69) is 5.32 Å². The number of aromatic nitrogens is 1. The number of carbonyl (C=O) groups is 1. The summed E-state index contributed by atoms with van der Waals surface area (Å²) < 4.78 is 0.836. The summed E-state index contributed by atoms with van der Waals surface area (Å²) in [6.45, 7) is 4.07. The van der Waals surface area contributed by atoms with E-state index in [4.69, 9.17) is 0 Å². The van der Waals surface area contributed by atoms with Crippen LogP contribution in [0.25, 0.3) is 0 Å². The average Bonchev–Trinajstić information content (AvgIpc) is 2.48. The van der Waals surface area contributed by atoms with Crippen LogP contribution in [0.3, 0.4) is 0 Å². The molecule has 1 atom stereocenters. The number of pyridine rings is 1. The van der Waals surface area contributed by atoms with Gasteiger partial charge in [-0.15, -0.1) is 0 Å². The Labute approximate surface area is 143 Å². The van der Waals surface area contributed by atoms with Crippen LogP contribution < -0.4 is 10.0 Å². The van der Waals surface area contributed by atoms with E-state index in [0.717, 1.165) is 17.6 Å². The third-order valence-electron chi connectivity index (χ3n) is 4.35. The fourth-order valence-corrected chi connectivity index (χ4v) is 4.04. The van der Waals surface area contributed by atoms with E-state index in [1.807, 2.05) is 19.9 Å². The zero-order valence-electron chi connectivity index (χ0n) is 14.2. The SMILES string of the molecule is CC(C)[C@@H](Sc1cccc[n+]1[O-])C(=O)NC1CCCCCCC1. The van der Waals surface area contributed by atoms with Gasteiger partial charge in [0, 0.05) is 18.2 Å². The number of nitrogens with one attached hydrogen (secondary N) is 1. The Kier molecular flexibility index (Phi) is 7.21. The molecule has 1 fully saturated rings. The van der Waals surface area contributed by atoms with Gasteiger partial charge in [-0.05, 0) is 36.6 Å². The monoisotopic (exact) mass is 336 g/mol. The summed E-state index contributed by atoms with van der Waals surface area (Å²) >= 11 is 1.37. The zero-order chi connectivity index (χ0) is 16.7. The molecule has 1 aliphatic carbocycles. The maximum Gasteiger partial charge on any atom is 0.252 e. The first-order chi connectivity index (χ1) is 11.1. The molecule has 1 saturated carbocycles. The van der Waals surface area contributed by atoms with Gasteiger partial charge in [0.05, 0.1) is 5.25 Å². The molecule has 2 rings (SSSR count). The van der Waals surface area contributed by atoms with Crippen LogP contribution in [0.4, 0.5) is 0 Å². The Morgan fingerprint density at radius 3 is 2.48 bits per heavy atom. The normalized spacial score (nSPS) is 18.2. The molecular formula is C18H28N2O2S. The molecule has 0 aromatic carbocycles. The summed E-state index contributed by atoms with van der Waals surface area (Å²) in [6.07, 6.45) is 9.90. The lowest BCUT2D eigenvalue weighted by Gasteiger charge is -2.25. The van der Waals surface area contributed by atoms with E-state index in [1.54, 1.807) is 12.1 Å². The number of carbonyl (C=O) groups excluding carboxylic acids is 1. The third kappa shape index (κ3) is 5.72. The van der Waals surface area contributed by atoms with Crippen LogP contribution in [-0.2, 0) is 4.79 Å². The molecule has 1 aromatic heterocycles. The minimum atomic E-state index is -0.233. The minimum Gasteiger partial charge on any atom is -0.618 e. The van der Waals surface area contributed by atoms with Gasteiger partial charge in [0.2, 0.25) is 5.91 Å². The van der Waals surface area contributed by atoms with Gasteiger partial charge in [-0.3, -0.25) is 4.79 Å². The molecule has 1 N–H and O–H groups in total. The summed E-state index contributed by atoms with van der Waals surface area (Å²) in [5, 5.41) is 15.4. The van der Waals surface area contributed by atoms with Gasteiger partial charge < -0.3 is 10.5 Å². The number of amides is 1. The number of hydrogen-bond acceptors (Lipinski definition) is 3. The maximum atomic E-state index is 12.7. The van der Waals surface area contributed by atoms with Crippen molar-refractivity contribution in [2.45, 2.75) is 75.1 Å². The van der Waals surface area contributed by atoms with Gasteiger partial charge in [-0.25, -0.2) is 0 Å². The van der Waals surface area contributed by atoms with Crippen molar-refractivity contribution in [2.75, 3.05) is 0 Å². The Balaban J connectivity index is 1.99. The maximum absolute atomic E-state index is 12.7. The molecule has 5 heteroatoms. The molecule has 23 heavy (non-hydrogen) atoms. The second-order valence-corrected chi connectivity index (χ2v) is 7.86. The van der Waals surface area contributed by atoms with Gasteiger partial charge in [0.15, 0.2) is 6.20 Å². The molecule has 0 unspecified atom stereocenters. The van der Waals surface area contributed by atoms with E-state index in [0.29, 0.717) is 11.1 Å². The van der Waals surface area contributed by atoms with Crippen molar-refractivity contribution in [3.05, 3.63) is 29.6 Å². The van der Waals surface area contributed by atoms with E-state index >= 15 is 0 Å². The molecule has 0 spiro atoms. The molecule has 0 bridgehead atoms. The Bertz CT molecular complexity index is 500. The van der Waals surface area contributed by atoms with E-state index < -0.39 is 0 Å². The van der Waals surface area contributed by atoms with Gasteiger partial charge in [0.25, 0.3) is 5.03 Å². The number of hydrogen-bond donors (Lipinski definition) is 1. The molecule has 0 saturated heterocycles. The lowest BCUT2D eigenvalue weighted by atomic mass is 9.96. The first kappa shape index (κ1) is 18.1. The molecule has 0 aliphatic heterocycles. The largest absolute Gasteiger partial charge is 0.618 e. The topological polar surface area (TPSA) is 56.0 Å².